The summed E-state index contributed by atoms with van der Waals surface area (Å²) in [5.41, 5.74) is 1.34. The van der Waals surface area contributed by atoms with Crippen LogP contribution in [-0.2, 0) is 11.8 Å². The Morgan fingerprint density at radius 1 is 1.36 bits per heavy atom. The molecular formula is C15H18N4O3. The Morgan fingerprint density at radius 3 is 2.77 bits per heavy atom. The minimum Gasteiger partial charge on any atom is -0.481 e. The monoisotopic (exact) mass is 302 g/mol. The molecule has 1 fully saturated rings. The lowest BCUT2D eigenvalue weighted by Gasteiger charge is -2.28. The summed E-state index contributed by atoms with van der Waals surface area (Å²) in [6.45, 7) is 0. The molecule has 0 aliphatic heterocycles. The second kappa shape index (κ2) is 5.40. The van der Waals surface area contributed by atoms with E-state index >= 15 is 0 Å². The van der Waals surface area contributed by atoms with Crippen molar-refractivity contribution in [2.24, 2.45) is 7.05 Å². The van der Waals surface area contributed by atoms with Crippen LogP contribution in [-0.4, -0.2) is 37.5 Å². The number of carboxylic acids is 1. The van der Waals surface area contributed by atoms with E-state index in [0.717, 1.165) is 18.4 Å². The first-order valence-corrected chi connectivity index (χ1v) is 7.33. The first-order valence-electron chi connectivity index (χ1n) is 7.33. The van der Waals surface area contributed by atoms with Crippen molar-refractivity contribution in [3.05, 3.63) is 23.8 Å². The summed E-state index contributed by atoms with van der Waals surface area (Å²) < 4.78 is 1.64. The summed E-state index contributed by atoms with van der Waals surface area (Å²) in [6, 6.07) is 5.19. The zero-order valence-corrected chi connectivity index (χ0v) is 12.4. The van der Waals surface area contributed by atoms with E-state index in [-0.39, 0.29) is 12.3 Å². The van der Waals surface area contributed by atoms with Crippen LogP contribution in [0.15, 0.2) is 18.2 Å². The molecule has 1 saturated carbocycles. The topological polar surface area (TPSA) is 97.1 Å². The summed E-state index contributed by atoms with van der Waals surface area (Å²) in [5, 5.41) is 19.9. The average Bonchev–Trinajstić information content (AvgIpc) is 3.05. The van der Waals surface area contributed by atoms with Gasteiger partial charge in [0.2, 0.25) is 0 Å². The lowest BCUT2D eigenvalue weighted by Crippen LogP contribution is -2.47. The highest BCUT2D eigenvalue weighted by molar-refractivity contribution is 5.97. The van der Waals surface area contributed by atoms with E-state index < -0.39 is 11.5 Å². The van der Waals surface area contributed by atoms with Crippen molar-refractivity contribution in [1.82, 2.24) is 20.3 Å². The number of nitrogens with one attached hydrogen (secondary N) is 1. The molecule has 1 aromatic carbocycles. The van der Waals surface area contributed by atoms with Crippen LogP contribution >= 0.6 is 0 Å². The van der Waals surface area contributed by atoms with Gasteiger partial charge >= 0.3 is 5.97 Å². The van der Waals surface area contributed by atoms with Gasteiger partial charge < -0.3 is 10.4 Å². The van der Waals surface area contributed by atoms with Gasteiger partial charge in [0, 0.05) is 12.6 Å². The maximum absolute atomic E-state index is 12.5. The highest BCUT2D eigenvalue weighted by Crippen LogP contribution is 2.33. The summed E-state index contributed by atoms with van der Waals surface area (Å²) in [6.07, 6.45) is 3.26. The Hall–Kier alpha value is -2.44. The fourth-order valence-electron chi connectivity index (χ4n) is 3.18. The molecule has 2 aromatic rings. The summed E-state index contributed by atoms with van der Waals surface area (Å²) in [7, 11) is 1.79. The van der Waals surface area contributed by atoms with E-state index in [1.807, 2.05) is 0 Å². The van der Waals surface area contributed by atoms with Crippen LogP contribution < -0.4 is 5.32 Å². The first kappa shape index (κ1) is 14.5. The molecule has 0 bridgehead atoms. The van der Waals surface area contributed by atoms with E-state index in [2.05, 4.69) is 15.6 Å². The minimum absolute atomic E-state index is 0.0356. The van der Waals surface area contributed by atoms with E-state index in [9.17, 15) is 9.59 Å². The number of aliphatic carboxylic acids is 1. The molecule has 7 nitrogen and oxygen atoms in total. The van der Waals surface area contributed by atoms with Crippen molar-refractivity contribution in [3.8, 4) is 0 Å². The fourth-order valence-corrected chi connectivity index (χ4v) is 3.18. The standard InChI is InChI=1S/C15H18N4O3/c1-19-12-5-4-10(8-11(12)17-18-19)14(22)16-15(9-13(20)21)6-2-3-7-15/h4-5,8H,2-3,6-7,9H2,1H3,(H,16,22)(H,20,21). The van der Waals surface area contributed by atoms with Gasteiger partial charge in [-0.05, 0) is 31.0 Å². The lowest BCUT2D eigenvalue weighted by molar-refractivity contribution is -0.138. The molecule has 1 aliphatic carbocycles. The molecule has 1 amide bonds. The Bertz CT molecular complexity index is 731. The lowest BCUT2D eigenvalue weighted by atomic mass is 9.92. The zero-order chi connectivity index (χ0) is 15.7. The number of hydrogen-bond donors (Lipinski definition) is 2. The van der Waals surface area contributed by atoms with E-state index in [0.29, 0.717) is 23.9 Å². The Balaban J connectivity index is 1.83. The number of aromatic nitrogens is 3. The van der Waals surface area contributed by atoms with Gasteiger partial charge in [-0.2, -0.15) is 0 Å². The van der Waals surface area contributed by atoms with Crippen molar-refractivity contribution in [2.45, 2.75) is 37.6 Å². The molecule has 7 heteroatoms. The molecule has 0 atom stereocenters. The second-order valence-corrected chi connectivity index (χ2v) is 5.93. The molecule has 22 heavy (non-hydrogen) atoms. The van der Waals surface area contributed by atoms with Crippen LogP contribution in [0.5, 0.6) is 0 Å². The average molecular weight is 302 g/mol. The van der Waals surface area contributed by atoms with Crippen LogP contribution in [0.3, 0.4) is 0 Å². The number of hydrogen-bond acceptors (Lipinski definition) is 4. The van der Waals surface area contributed by atoms with Crippen LogP contribution in [0.2, 0.25) is 0 Å². The fraction of sp³-hybridized carbons (Fsp3) is 0.467. The zero-order valence-electron chi connectivity index (χ0n) is 12.4. The molecule has 0 unspecified atom stereocenters. The number of nitrogens with zero attached hydrogens (tertiary/aromatic N) is 3. The number of rotatable bonds is 4. The number of amides is 1. The Kier molecular flexibility index (Phi) is 3.56. The van der Waals surface area contributed by atoms with Crippen molar-refractivity contribution >= 4 is 22.9 Å². The van der Waals surface area contributed by atoms with Gasteiger partial charge in [0.15, 0.2) is 0 Å². The highest BCUT2D eigenvalue weighted by Gasteiger charge is 2.37. The number of carboxylic acid groups (broad SMARTS) is 1. The van der Waals surface area contributed by atoms with Crippen LogP contribution in [0.4, 0.5) is 0 Å². The largest absolute Gasteiger partial charge is 0.481 e. The normalized spacial score (nSPS) is 16.8. The van der Waals surface area contributed by atoms with Gasteiger partial charge in [-0.25, -0.2) is 4.68 Å². The predicted octanol–water partition coefficient (Wildman–Crippen LogP) is 1.49. The van der Waals surface area contributed by atoms with Gasteiger partial charge in [-0.3, -0.25) is 9.59 Å². The van der Waals surface area contributed by atoms with Gasteiger partial charge in [-0.1, -0.05) is 18.1 Å². The van der Waals surface area contributed by atoms with Crippen molar-refractivity contribution in [2.75, 3.05) is 0 Å². The third-order valence-electron chi connectivity index (χ3n) is 4.30. The predicted molar refractivity (Wildman–Crippen MR) is 79.4 cm³/mol. The van der Waals surface area contributed by atoms with Gasteiger partial charge in [0.1, 0.15) is 5.52 Å². The van der Waals surface area contributed by atoms with Crippen molar-refractivity contribution in [3.63, 3.8) is 0 Å². The number of carbonyl (C=O) groups is 2. The first-order chi connectivity index (χ1) is 10.5. The summed E-state index contributed by atoms with van der Waals surface area (Å²) in [4.78, 5) is 23.6. The van der Waals surface area contributed by atoms with E-state index in [4.69, 9.17) is 5.11 Å². The van der Waals surface area contributed by atoms with Crippen LogP contribution in [0.1, 0.15) is 42.5 Å². The second-order valence-electron chi connectivity index (χ2n) is 5.93. The van der Waals surface area contributed by atoms with Gasteiger partial charge in [0.25, 0.3) is 5.91 Å². The third kappa shape index (κ3) is 2.66. The molecular weight excluding hydrogens is 284 g/mol. The minimum atomic E-state index is -0.883. The summed E-state index contributed by atoms with van der Waals surface area (Å²) >= 11 is 0. The molecule has 1 heterocycles. The quantitative estimate of drug-likeness (QED) is 0.891. The number of benzene rings is 1. The Morgan fingerprint density at radius 2 is 2.09 bits per heavy atom. The molecule has 3 rings (SSSR count). The van der Waals surface area contributed by atoms with Crippen molar-refractivity contribution < 1.29 is 14.7 Å². The van der Waals surface area contributed by atoms with E-state index in [1.165, 1.54) is 0 Å². The molecule has 116 valence electrons. The maximum atomic E-state index is 12.5. The number of fused-ring (bicyclic) bond motifs is 1. The number of aryl methyl sites for hydroxylation is 1. The molecule has 2 N–H and O–H groups in total. The van der Waals surface area contributed by atoms with E-state index in [1.54, 1.807) is 29.9 Å². The molecule has 0 saturated heterocycles. The van der Waals surface area contributed by atoms with Gasteiger partial charge in [0.05, 0.1) is 17.5 Å². The smallest absolute Gasteiger partial charge is 0.305 e. The highest BCUT2D eigenvalue weighted by atomic mass is 16.4. The molecule has 0 radical (unpaired) electrons. The molecule has 0 spiro atoms. The SMILES string of the molecule is Cn1nnc2cc(C(=O)NC3(CC(=O)O)CCCC3)ccc21. The Labute approximate surface area is 127 Å². The third-order valence-corrected chi connectivity index (χ3v) is 4.30. The summed E-state index contributed by atoms with van der Waals surface area (Å²) in [5.74, 6) is -1.14. The van der Waals surface area contributed by atoms with Crippen LogP contribution in [0.25, 0.3) is 11.0 Å². The molecule has 1 aliphatic rings. The van der Waals surface area contributed by atoms with Gasteiger partial charge in [-0.15, -0.1) is 5.10 Å². The maximum Gasteiger partial charge on any atom is 0.305 e. The van der Waals surface area contributed by atoms with Crippen molar-refractivity contribution in [1.29, 1.82) is 0 Å². The molecule has 1 aromatic heterocycles. The van der Waals surface area contributed by atoms with Crippen LogP contribution in [0, 0.1) is 0 Å². The number of carbonyl (C=O) groups excluding carboxylic acids is 1.